The number of benzene rings is 1. The highest BCUT2D eigenvalue weighted by Crippen LogP contribution is 2.37. The second-order valence-electron chi connectivity index (χ2n) is 5.62. The molecule has 4 heteroatoms. The van der Waals surface area contributed by atoms with Crippen LogP contribution in [-0.4, -0.2) is 26.8 Å². The van der Waals surface area contributed by atoms with Crippen LogP contribution in [0.1, 0.15) is 38.2 Å². The standard InChI is InChI=1S/C16H24FNO2/c1-16(17,11-13-6-4-5-9-18-13)12-7-8-14(19-2)15(10-12)20-3/h7-8,10,13,18H,4-6,9,11H2,1-3H3. The highest BCUT2D eigenvalue weighted by molar-refractivity contribution is 5.44. The van der Waals surface area contributed by atoms with Crippen molar-refractivity contribution in [1.82, 2.24) is 5.32 Å². The van der Waals surface area contributed by atoms with Crippen LogP contribution in [-0.2, 0) is 5.67 Å². The summed E-state index contributed by atoms with van der Waals surface area (Å²) in [6.45, 7) is 2.64. The summed E-state index contributed by atoms with van der Waals surface area (Å²) in [6, 6.07) is 5.54. The van der Waals surface area contributed by atoms with Crippen LogP contribution >= 0.6 is 0 Å². The van der Waals surface area contributed by atoms with Crippen molar-refractivity contribution in [2.24, 2.45) is 0 Å². The molecule has 1 aliphatic heterocycles. The smallest absolute Gasteiger partial charge is 0.161 e. The van der Waals surface area contributed by atoms with E-state index in [9.17, 15) is 0 Å². The summed E-state index contributed by atoms with van der Waals surface area (Å²) < 4.78 is 25.5. The number of ether oxygens (including phenoxy) is 2. The first-order chi connectivity index (χ1) is 9.56. The number of nitrogens with one attached hydrogen (secondary N) is 1. The van der Waals surface area contributed by atoms with Crippen LogP contribution in [0.2, 0.25) is 0 Å². The Balaban J connectivity index is 2.15. The normalized spacial score (nSPS) is 22.1. The molecule has 0 saturated carbocycles. The molecule has 0 aliphatic carbocycles. The Hall–Kier alpha value is -1.29. The first-order valence-electron chi connectivity index (χ1n) is 7.21. The van der Waals surface area contributed by atoms with Crippen LogP contribution in [0.5, 0.6) is 11.5 Å². The van der Waals surface area contributed by atoms with E-state index in [0.717, 1.165) is 13.0 Å². The van der Waals surface area contributed by atoms with Crippen LogP contribution in [0.3, 0.4) is 0 Å². The fourth-order valence-corrected chi connectivity index (χ4v) is 2.84. The maximum atomic E-state index is 15.0. The number of alkyl halides is 1. The molecule has 2 unspecified atom stereocenters. The number of methoxy groups -OCH3 is 2. The van der Waals surface area contributed by atoms with Crippen LogP contribution in [0, 0.1) is 0 Å². The second-order valence-corrected chi connectivity index (χ2v) is 5.62. The lowest BCUT2D eigenvalue weighted by atomic mass is 9.87. The van der Waals surface area contributed by atoms with Gasteiger partial charge in [0, 0.05) is 12.5 Å². The van der Waals surface area contributed by atoms with Gasteiger partial charge in [-0.3, -0.25) is 0 Å². The van der Waals surface area contributed by atoms with Crippen molar-refractivity contribution in [2.75, 3.05) is 20.8 Å². The van der Waals surface area contributed by atoms with Gasteiger partial charge in [0.05, 0.1) is 14.2 Å². The molecule has 0 aromatic heterocycles. The quantitative estimate of drug-likeness (QED) is 0.897. The molecule has 3 nitrogen and oxygen atoms in total. The lowest BCUT2D eigenvalue weighted by Gasteiger charge is -2.30. The van der Waals surface area contributed by atoms with E-state index in [1.807, 2.05) is 0 Å². The number of hydrogen-bond donors (Lipinski definition) is 1. The Labute approximate surface area is 120 Å². The molecular weight excluding hydrogens is 257 g/mol. The molecular formula is C16H24FNO2. The predicted molar refractivity (Wildman–Crippen MR) is 78.3 cm³/mol. The SMILES string of the molecule is COc1ccc(C(C)(F)CC2CCCCN2)cc1OC. The van der Waals surface area contributed by atoms with Crippen LogP contribution < -0.4 is 14.8 Å². The van der Waals surface area contributed by atoms with Gasteiger partial charge in [-0.25, -0.2) is 4.39 Å². The lowest BCUT2D eigenvalue weighted by Crippen LogP contribution is -2.38. The monoisotopic (exact) mass is 281 g/mol. The molecule has 1 saturated heterocycles. The molecule has 0 bridgehead atoms. The summed E-state index contributed by atoms with van der Waals surface area (Å²) in [5.41, 5.74) is -0.725. The molecule has 0 amide bonds. The molecule has 112 valence electrons. The fraction of sp³-hybridized carbons (Fsp3) is 0.625. The first kappa shape index (κ1) is 15.1. The summed E-state index contributed by atoms with van der Waals surface area (Å²) in [4.78, 5) is 0. The van der Waals surface area contributed by atoms with E-state index < -0.39 is 5.67 Å². The molecule has 2 rings (SSSR count). The second kappa shape index (κ2) is 6.44. The zero-order valence-corrected chi connectivity index (χ0v) is 12.5. The van der Waals surface area contributed by atoms with Crippen molar-refractivity contribution in [3.05, 3.63) is 23.8 Å². The summed E-state index contributed by atoms with van der Waals surface area (Å²) >= 11 is 0. The lowest BCUT2D eigenvalue weighted by molar-refractivity contribution is 0.145. The van der Waals surface area contributed by atoms with Gasteiger partial charge in [-0.05, 0) is 44.0 Å². The average Bonchev–Trinajstić information content (AvgIpc) is 2.47. The minimum atomic E-state index is -1.37. The Morgan fingerprint density at radius 3 is 2.60 bits per heavy atom. The van der Waals surface area contributed by atoms with Gasteiger partial charge in [-0.2, -0.15) is 0 Å². The molecule has 1 aromatic carbocycles. The van der Waals surface area contributed by atoms with Crippen molar-refractivity contribution in [1.29, 1.82) is 0 Å². The van der Waals surface area contributed by atoms with E-state index in [-0.39, 0.29) is 6.04 Å². The maximum Gasteiger partial charge on any atom is 0.161 e. The van der Waals surface area contributed by atoms with Crippen LogP contribution in [0.4, 0.5) is 4.39 Å². The number of hydrogen-bond acceptors (Lipinski definition) is 3. The van der Waals surface area contributed by atoms with E-state index in [1.165, 1.54) is 12.8 Å². The Morgan fingerprint density at radius 2 is 2.00 bits per heavy atom. The van der Waals surface area contributed by atoms with Crippen molar-refractivity contribution in [3.8, 4) is 11.5 Å². The van der Waals surface area contributed by atoms with Gasteiger partial charge in [0.1, 0.15) is 5.67 Å². The molecule has 1 aromatic rings. The van der Waals surface area contributed by atoms with E-state index in [1.54, 1.807) is 39.3 Å². The topological polar surface area (TPSA) is 30.5 Å². The van der Waals surface area contributed by atoms with Gasteiger partial charge in [-0.15, -0.1) is 0 Å². The number of piperidine rings is 1. The Kier molecular flexibility index (Phi) is 4.86. The number of rotatable bonds is 5. The third kappa shape index (κ3) is 3.42. The van der Waals surface area contributed by atoms with Crippen molar-refractivity contribution in [2.45, 2.75) is 44.3 Å². The van der Waals surface area contributed by atoms with Gasteiger partial charge in [0.25, 0.3) is 0 Å². The Bertz CT molecular complexity index is 442. The summed E-state index contributed by atoms with van der Waals surface area (Å²) in [5, 5.41) is 3.40. The largest absolute Gasteiger partial charge is 0.493 e. The molecule has 2 atom stereocenters. The average molecular weight is 281 g/mol. The summed E-state index contributed by atoms with van der Waals surface area (Å²) in [7, 11) is 3.15. The van der Waals surface area contributed by atoms with Gasteiger partial charge < -0.3 is 14.8 Å². The van der Waals surface area contributed by atoms with E-state index in [4.69, 9.17) is 9.47 Å². The van der Waals surface area contributed by atoms with E-state index in [2.05, 4.69) is 5.32 Å². The molecule has 0 spiro atoms. The number of halogens is 1. The first-order valence-corrected chi connectivity index (χ1v) is 7.21. The fourth-order valence-electron chi connectivity index (χ4n) is 2.84. The van der Waals surface area contributed by atoms with Gasteiger partial charge in [0.15, 0.2) is 11.5 Å². The summed E-state index contributed by atoms with van der Waals surface area (Å²) in [6.07, 6.45) is 3.91. The van der Waals surface area contributed by atoms with Crippen molar-refractivity contribution in [3.63, 3.8) is 0 Å². The van der Waals surface area contributed by atoms with Crippen LogP contribution in [0.15, 0.2) is 18.2 Å². The molecule has 1 aliphatic rings. The highest BCUT2D eigenvalue weighted by Gasteiger charge is 2.31. The predicted octanol–water partition coefficient (Wildman–Crippen LogP) is 3.42. The van der Waals surface area contributed by atoms with Gasteiger partial charge in [0.2, 0.25) is 0 Å². The van der Waals surface area contributed by atoms with Crippen LogP contribution in [0.25, 0.3) is 0 Å². The van der Waals surface area contributed by atoms with E-state index >= 15 is 4.39 Å². The van der Waals surface area contributed by atoms with Gasteiger partial charge in [-0.1, -0.05) is 12.5 Å². The minimum Gasteiger partial charge on any atom is -0.493 e. The molecule has 1 heterocycles. The Morgan fingerprint density at radius 1 is 1.25 bits per heavy atom. The third-order valence-electron chi connectivity index (χ3n) is 4.03. The summed E-state index contributed by atoms with van der Waals surface area (Å²) in [5.74, 6) is 1.20. The minimum absolute atomic E-state index is 0.256. The van der Waals surface area contributed by atoms with Crippen molar-refractivity contribution >= 4 is 0 Å². The molecule has 1 N–H and O–H groups in total. The van der Waals surface area contributed by atoms with E-state index in [0.29, 0.717) is 23.5 Å². The molecule has 1 fully saturated rings. The third-order valence-corrected chi connectivity index (χ3v) is 4.03. The molecule has 0 radical (unpaired) electrons. The zero-order chi connectivity index (χ0) is 14.6. The van der Waals surface area contributed by atoms with Gasteiger partial charge >= 0.3 is 0 Å². The molecule has 20 heavy (non-hydrogen) atoms. The highest BCUT2D eigenvalue weighted by atomic mass is 19.1. The maximum absolute atomic E-state index is 15.0. The van der Waals surface area contributed by atoms with Crippen molar-refractivity contribution < 1.29 is 13.9 Å². The zero-order valence-electron chi connectivity index (χ0n) is 12.5.